The Labute approximate surface area is 31.0 Å². The number of rotatable bonds is 0. The molecule has 0 unspecified atom stereocenters. The van der Waals surface area contributed by atoms with E-state index in [9.17, 15) is 4.39 Å². The lowest BCUT2D eigenvalue weighted by molar-refractivity contribution is 0.454. The van der Waals surface area contributed by atoms with E-state index in [1.807, 2.05) is 6.92 Å². The van der Waals surface area contributed by atoms with E-state index >= 15 is 0 Å². The first-order valence-electron chi connectivity index (χ1n) is 1.95. The Hall–Kier alpha value is -0.0700. The van der Waals surface area contributed by atoms with Crippen molar-refractivity contribution < 1.29 is 4.39 Å². The molecule has 30 valence electrons. The zero-order chi connectivity index (χ0) is 3.86. The summed E-state index contributed by atoms with van der Waals surface area (Å²) in [5.74, 6) is 0.384. The summed E-state index contributed by atoms with van der Waals surface area (Å²) < 4.78 is 11.5. The van der Waals surface area contributed by atoms with Crippen molar-refractivity contribution in [3.05, 3.63) is 0 Å². The van der Waals surface area contributed by atoms with E-state index in [-0.39, 0.29) is 0 Å². The fourth-order valence-corrected chi connectivity index (χ4v) is 0.277. The second-order valence-electron chi connectivity index (χ2n) is 1.73. The molecule has 0 aliphatic heterocycles. The van der Waals surface area contributed by atoms with Gasteiger partial charge in [0.05, 0.1) is 0 Å². The van der Waals surface area contributed by atoms with Gasteiger partial charge in [0.15, 0.2) is 0 Å². The monoisotopic (exact) mass is 74.1 g/mol. The average Bonchev–Trinajstić information content (AvgIpc) is 1.79. The van der Waals surface area contributed by atoms with Gasteiger partial charge in [0.2, 0.25) is 0 Å². The van der Waals surface area contributed by atoms with Crippen LogP contribution in [0.15, 0.2) is 0 Å². The molecule has 0 aromatic rings. The van der Waals surface area contributed by atoms with Gasteiger partial charge in [0.25, 0.3) is 0 Å². The van der Waals surface area contributed by atoms with Gasteiger partial charge in [0.1, 0.15) is 6.17 Å². The molecule has 1 heteroatoms. The third-order valence-electron chi connectivity index (χ3n) is 1.01. The molecule has 0 aromatic carbocycles. The van der Waals surface area contributed by atoms with E-state index < -0.39 is 6.17 Å². The first kappa shape index (κ1) is 3.13. The molecular formula is C4H7F. The highest BCUT2D eigenvalue weighted by Gasteiger charge is 2.31. The van der Waals surface area contributed by atoms with Crippen LogP contribution < -0.4 is 0 Å². The number of alkyl halides is 1. The fourth-order valence-electron chi connectivity index (χ4n) is 0.277. The minimum Gasteiger partial charge on any atom is -0.247 e. The van der Waals surface area contributed by atoms with Crippen molar-refractivity contribution in [2.24, 2.45) is 5.92 Å². The Balaban J connectivity index is 2.20. The summed E-state index contributed by atoms with van der Waals surface area (Å²) in [5.41, 5.74) is 0. The Morgan fingerprint density at radius 2 is 2.00 bits per heavy atom. The smallest absolute Gasteiger partial charge is 0.103 e. The van der Waals surface area contributed by atoms with Gasteiger partial charge in [-0.05, 0) is 12.3 Å². The molecule has 5 heavy (non-hydrogen) atoms. The van der Waals surface area contributed by atoms with E-state index in [2.05, 4.69) is 0 Å². The van der Waals surface area contributed by atoms with E-state index in [0.29, 0.717) is 5.92 Å². The third kappa shape index (κ3) is 0.416. The molecule has 0 bridgehead atoms. The maximum atomic E-state index is 11.5. The maximum absolute atomic E-state index is 11.5. The summed E-state index contributed by atoms with van der Waals surface area (Å²) in [6.45, 7) is 1.92. The summed E-state index contributed by atoms with van der Waals surface area (Å²) in [5, 5.41) is 0. The van der Waals surface area contributed by atoms with Crippen molar-refractivity contribution in [3.63, 3.8) is 0 Å². The standard InChI is InChI=1S/C4H7F/c1-3-2-4(3)5/h3-4H,2H2,1H3/t3-,4-/m0/s1. The van der Waals surface area contributed by atoms with Gasteiger partial charge >= 0.3 is 0 Å². The lowest BCUT2D eigenvalue weighted by Crippen LogP contribution is -1.63. The van der Waals surface area contributed by atoms with Crippen LogP contribution in [0.5, 0.6) is 0 Å². The van der Waals surface area contributed by atoms with Crippen LogP contribution in [-0.4, -0.2) is 6.17 Å². The molecule has 0 aromatic heterocycles. The van der Waals surface area contributed by atoms with Crippen LogP contribution in [-0.2, 0) is 0 Å². The number of hydrogen-bond donors (Lipinski definition) is 0. The molecule has 1 fully saturated rings. The predicted octanol–water partition coefficient (Wildman–Crippen LogP) is 1.36. The highest BCUT2D eigenvalue weighted by Crippen LogP contribution is 2.32. The number of hydrogen-bond acceptors (Lipinski definition) is 0. The van der Waals surface area contributed by atoms with Gasteiger partial charge in [-0.15, -0.1) is 0 Å². The van der Waals surface area contributed by atoms with Gasteiger partial charge in [0, 0.05) is 0 Å². The molecule has 0 amide bonds. The van der Waals surface area contributed by atoms with Gasteiger partial charge in [-0.3, -0.25) is 0 Å². The van der Waals surface area contributed by atoms with Crippen LogP contribution in [0.4, 0.5) is 4.39 Å². The van der Waals surface area contributed by atoms with E-state index in [4.69, 9.17) is 0 Å². The first-order chi connectivity index (χ1) is 2.30. The van der Waals surface area contributed by atoms with E-state index in [1.54, 1.807) is 0 Å². The zero-order valence-corrected chi connectivity index (χ0v) is 3.24. The molecule has 0 N–H and O–H groups in total. The molecule has 1 saturated carbocycles. The van der Waals surface area contributed by atoms with Gasteiger partial charge in [-0.25, -0.2) is 4.39 Å². The largest absolute Gasteiger partial charge is 0.247 e. The molecule has 1 aliphatic rings. The Morgan fingerprint density at radius 3 is 2.00 bits per heavy atom. The van der Waals surface area contributed by atoms with Crippen molar-refractivity contribution in [2.45, 2.75) is 19.5 Å². The topological polar surface area (TPSA) is 0 Å². The minimum absolute atomic E-state index is 0.384. The lowest BCUT2D eigenvalue weighted by Gasteiger charge is -1.63. The van der Waals surface area contributed by atoms with E-state index in [1.165, 1.54) is 0 Å². The normalized spacial score (nSPS) is 49.2. The highest BCUT2D eigenvalue weighted by atomic mass is 19.1. The van der Waals surface area contributed by atoms with Crippen LogP contribution in [0, 0.1) is 5.92 Å². The Morgan fingerprint density at radius 1 is 1.80 bits per heavy atom. The van der Waals surface area contributed by atoms with Crippen LogP contribution in [0.1, 0.15) is 13.3 Å². The summed E-state index contributed by atoms with van der Waals surface area (Å²) >= 11 is 0. The molecule has 0 heterocycles. The third-order valence-corrected chi connectivity index (χ3v) is 1.01. The molecule has 0 saturated heterocycles. The minimum atomic E-state index is -0.449. The van der Waals surface area contributed by atoms with Crippen LogP contribution in [0.2, 0.25) is 0 Å². The molecule has 2 atom stereocenters. The van der Waals surface area contributed by atoms with Crippen LogP contribution >= 0.6 is 0 Å². The maximum Gasteiger partial charge on any atom is 0.103 e. The fraction of sp³-hybridized carbons (Fsp3) is 1.00. The average molecular weight is 74.1 g/mol. The van der Waals surface area contributed by atoms with Gasteiger partial charge in [-0.2, -0.15) is 0 Å². The van der Waals surface area contributed by atoms with Crippen molar-refractivity contribution in [1.82, 2.24) is 0 Å². The summed E-state index contributed by atoms with van der Waals surface area (Å²) in [4.78, 5) is 0. The second kappa shape index (κ2) is 0.703. The highest BCUT2D eigenvalue weighted by molar-refractivity contribution is 4.81. The zero-order valence-electron chi connectivity index (χ0n) is 3.24. The molecular weight excluding hydrogens is 67.0 g/mol. The van der Waals surface area contributed by atoms with Gasteiger partial charge < -0.3 is 0 Å². The molecule has 0 radical (unpaired) electrons. The summed E-state index contributed by atoms with van der Waals surface area (Å²) in [6, 6.07) is 0. The van der Waals surface area contributed by atoms with Crippen LogP contribution in [0.3, 0.4) is 0 Å². The first-order valence-corrected chi connectivity index (χ1v) is 1.95. The Bertz CT molecular complexity index is 36.9. The molecule has 0 spiro atoms. The SMILES string of the molecule is C[C@H]1C[C@@H]1F. The van der Waals surface area contributed by atoms with Crippen LogP contribution in [0.25, 0.3) is 0 Å². The summed E-state index contributed by atoms with van der Waals surface area (Å²) in [6.07, 6.45) is 0.356. The summed E-state index contributed by atoms with van der Waals surface area (Å²) in [7, 11) is 0. The lowest BCUT2D eigenvalue weighted by atomic mass is 10.5. The predicted molar refractivity (Wildman–Crippen MR) is 18.7 cm³/mol. The van der Waals surface area contributed by atoms with E-state index in [0.717, 1.165) is 6.42 Å². The van der Waals surface area contributed by atoms with Crippen molar-refractivity contribution in [1.29, 1.82) is 0 Å². The second-order valence-corrected chi connectivity index (χ2v) is 1.73. The van der Waals surface area contributed by atoms with Gasteiger partial charge in [-0.1, -0.05) is 6.92 Å². The van der Waals surface area contributed by atoms with Crippen molar-refractivity contribution in [3.8, 4) is 0 Å². The van der Waals surface area contributed by atoms with Crippen molar-refractivity contribution in [2.75, 3.05) is 0 Å². The molecule has 0 nitrogen and oxygen atoms in total. The quantitative estimate of drug-likeness (QED) is 0.407. The molecule has 1 rings (SSSR count). The van der Waals surface area contributed by atoms with Crippen molar-refractivity contribution >= 4 is 0 Å². The molecule has 1 aliphatic carbocycles. The Kier molecular flexibility index (Phi) is 0.440. The number of halogens is 1.